The lowest BCUT2D eigenvalue weighted by Crippen LogP contribution is -2.30. The summed E-state index contributed by atoms with van der Waals surface area (Å²) >= 11 is 11.7. The Morgan fingerprint density at radius 1 is 1.29 bits per heavy atom. The Hall–Kier alpha value is -1.58. The first kappa shape index (κ1) is 15.8. The monoisotopic (exact) mass is 322 g/mol. The fourth-order valence-corrected chi connectivity index (χ4v) is 2.31. The zero-order valence-corrected chi connectivity index (χ0v) is 13.4. The van der Waals surface area contributed by atoms with Gasteiger partial charge < -0.3 is 4.90 Å². The maximum absolute atomic E-state index is 12.5. The average Bonchev–Trinajstić information content (AvgIpc) is 2.48. The van der Waals surface area contributed by atoms with Gasteiger partial charge in [0.2, 0.25) is 0 Å². The Balaban J connectivity index is 2.22. The van der Waals surface area contributed by atoms with Gasteiger partial charge in [-0.05, 0) is 31.0 Å². The number of carbonyl (C=O) groups excluding carboxylic acids is 1. The lowest BCUT2D eigenvalue weighted by atomic mass is 10.1. The van der Waals surface area contributed by atoms with Crippen molar-refractivity contribution in [2.75, 3.05) is 6.54 Å². The molecule has 0 bridgehead atoms. The zero-order valence-electron chi connectivity index (χ0n) is 11.9. The van der Waals surface area contributed by atoms with E-state index in [4.69, 9.17) is 23.2 Å². The van der Waals surface area contributed by atoms with Gasteiger partial charge in [-0.25, -0.2) is 4.98 Å². The van der Waals surface area contributed by atoms with Crippen molar-refractivity contribution in [2.24, 2.45) is 0 Å². The van der Waals surface area contributed by atoms with E-state index in [-0.39, 0.29) is 16.1 Å². The summed E-state index contributed by atoms with van der Waals surface area (Å²) < 4.78 is 0. The fraction of sp³-hybridized carbons (Fsp3) is 0.250. The van der Waals surface area contributed by atoms with Crippen molar-refractivity contribution < 1.29 is 4.79 Å². The molecule has 2 rings (SSSR count). The molecular formula is C16H16Cl2N2O. The van der Waals surface area contributed by atoms with E-state index < -0.39 is 0 Å². The van der Waals surface area contributed by atoms with E-state index >= 15 is 0 Å². The number of aryl methyl sites for hydroxylation is 1. The number of pyridine rings is 1. The van der Waals surface area contributed by atoms with Crippen LogP contribution < -0.4 is 0 Å². The first-order valence-electron chi connectivity index (χ1n) is 6.67. The van der Waals surface area contributed by atoms with Gasteiger partial charge in [-0.15, -0.1) is 0 Å². The molecule has 0 aliphatic rings. The number of halogens is 2. The van der Waals surface area contributed by atoms with Crippen LogP contribution in [0.2, 0.25) is 10.2 Å². The summed E-state index contributed by atoms with van der Waals surface area (Å²) in [6.07, 6.45) is 1.46. The second-order valence-corrected chi connectivity index (χ2v) is 5.51. The number of nitrogens with zero attached hydrogens (tertiary/aromatic N) is 2. The van der Waals surface area contributed by atoms with Crippen molar-refractivity contribution in [3.63, 3.8) is 0 Å². The van der Waals surface area contributed by atoms with Gasteiger partial charge in [-0.2, -0.15) is 0 Å². The third-order valence-corrected chi connectivity index (χ3v) is 4.02. The third kappa shape index (κ3) is 3.74. The van der Waals surface area contributed by atoms with Crippen molar-refractivity contribution in [1.82, 2.24) is 9.88 Å². The number of hydrogen-bond donors (Lipinski definition) is 0. The topological polar surface area (TPSA) is 33.2 Å². The molecule has 2 aromatic rings. The minimum Gasteiger partial charge on any atom is -0.335 e. The molecule has 5 heteroatoms. The normalized spacial score (nSPS) is 10.5. The summed E-state index contributed by atoms with van der Waals surface area (Å²) in [5.74, 6) is -0.105. The van der Waals surface area contributed by atoms with Crippen LogP contribution in [0.15, 0.2) is 36.5 Å². The summed E-state index contributed by atoms with van der Waals surface area (Å²) in [6.45, 7) is 5.14. The summed E-state index contributed by atoms with van der Waals surface area (Å²) in [5.41, 5.74) is 2.73. The van der Waals surface area contributed by atoms with E-state index in [1.807, 2.05) is 38.1 Å². The molecule has 0 radical (unpaired) electrons. The van der Waals surface area contributed by atoms with E-state index in [0.717, 1.165) is 11.1 Å². The maximum Gasteiger partial charge on any atom is 0.255 e. The van der Waals surface area contributed by atoms with Crippen molar-refractivity contribution >= 4 is 29.1 Å². The minimum absolute atomic E-state index is 0.105. The highest BCUT2D eigenvalue weighted by atomic mass is 35.5. The molecule has 1 heterocycles. The molecule has 1 amide bonds. The SMILES string of the molecule is CCN(Cc1ccccc1C)C(=O)c1cnc(Cl)c(Cl)c1. The Kier molecular flexibility index (Phi) is 5.21. The van der Waals surface area contributed by atoms with Gasteiger partial charge in [0.15, 0.2) is 0 Å². The largest absolute Gasteiger partial charge is 0.335 e. The fourth-order valence-electron chi connectivity index (χ4n) is 2.04. The first-order valence-corrected chi connectivity index (χ1v) is 7.43. The zero-order chi connectivity index (χ0) is 15.4. The first-order chi connectivity index (χ1) is 10.0. The van der Waals surface area contributed by atoms with Crippen molar-refractivity contribution in [3.8, 4) is 0 Å². The molecule has 110 valence electrons. The lowest BCUT2D eigenvalue weighted by Gasteiger charge is -2.22. The third-order valence-electron chi connectivity index (χ3n) is 3.33. The van der Waals surface area contributed by atoms with Crippen LogP contribution in [-0.4, -0.2) is 22.3 Å². The smallest absolute Gasteiger partial charge is 0.255 e. The number of aromatic nitrogens is 1. The number of amides is 1. The average molecular weight is 323 g/mol. The van der Waals surface area contributed by atoms with Crippen LogP contribution in [-0.2, 0) is 6.54 Å². The maximum atomic E-state index is 12.5. The van der Waals surface area contributed by atoms with Crippen LogP contribution in [0.25, 0.3) is 0 Å². The Bertz CT molecular complexity index is 658. The molecular weight excluding hydrogens is 307 g/mol. The van der Waals surface area contributed by atoms with Gasteiger partial charge in [0, 0.05) is 19.3 Å². The summed E-state index contributed by atoms with van der Waals surface area (Å²) in [5, 5.41) is 0.490. The molecule has 0 saturated carbocycles. The van der Waals surface area contributed by atoms with E-state index in [0.29, 0.717) is 18.7 Å². The quantitative estimate of drug-likeness (QED) is 0.783. The molecule has 0 atom stereocenters. The molecule has 0 spiro atoms. The highest BCUT2D eigenvalue weighted by Gasteiger charge is 2.16. The van der Waals surface area contributed by atoms with Crippen LogP contribution in [0, 0.1) is 6.92 Å². The second kappa shape index (κ2) is 6.92. The van der Waals surface area contributed by atoms with Gasteiger partial charge in [0.1, 0.15) is 5.15 Å². The highest BCUT2D eigenvalue weighted by Crippen LogP contribution is 2.21. The van der Waals surface area contributed by atoms with Crippen LogP contribution in [0.1, 0.15) is 28.4 Å². The second-order valence-electron chi connectivity index (χ2n) is 4.74. The molecule has 0 N–H and O–H groups in total. The van der Waals surface area contributed by atoms with Crippen LogP contribution in [0.4, 0.5) is 0 Å². The Labute approximate surface area is 134 Å². The molecule has 0 fully saturated rings. The van der Waals surface area contributed by atoms with Crippen LogP contribution in [0.3, 0.4) is 0 Å². The standard InChI is InChI=1S/C16H16Cl2N2O/c1-3-20(10-12-7-5-4-6-11(12)2)16(21)13-8-14(17)15(18)19-9-13/h4-9H,3,10H2,1-2H3. The highest BCUT2D eigenvalue weighted by molar-refractivity contribution is 6.41. The summed E-state index contributed by atoms with van der Waals surface area (Å²) in [6, 6.07) is 9.58. The van der Waals surface area contributed by atoms with Crippen LogP contribution >= 0.6 is 23.2 Å². The number of carbonyl (C=O) groups is 1. The molecule has 0 unspecified atom stereocenters. The molecule has 1 aromatic carbocycles. The molecule has 0 aliphatic heterocycles. The molecule has 1 aromatic heterocycles. The molecule has 21 heavy (non-hydrogen) atoms. The van der Waals surface area contributed by atoms with E-state index in [9.17, 15) is 4.79 Å². The lowest BCUT2D eigenvalue weighted by molar-refractivity contribution is 0.0752. The van der Waals surface area contributed by atoms with Crippen molar-refractivity contribution in [3.05, 3.63) is 63.4 Å². The Morgan fingerprint density at radius 3 is 2.62 bits per heavy atom. The van der Waals surface area contributed by atoms with Gasteiger partial charge >= 0.3 is 0 Å². The van der Waals surface area contributed by atoms with E-state index in [1.54, 1.807) is 11.0 Å². The van der Waals surface area contributed by atoms with Gasteiger partial charge in [0.05, 0.1) is 10.6 Å². The number of hydrogen-bond acceptors (Lipinski definition) is 2. The summed E-state index contributed by atoms with van der Waals surface area (Å²) in [7, 11) is 0. The van der Waals surface area contributed by atoms with Gasteiger partial charge in [0.25, 0.3) is 5.91 Å². The number of rotatable bonds is 4. The minimum atomic E-state index is -0.105. The Morgan fingerprint density at radius 2 is 2.00 bits per heavy atom. The van der Waals surface area contributed by atoms with Crippen molar-refractivity contribution in [2.45, 2.75) is 20.4 Å². The molecule has 0 saturated heterocycles. The number of benzene rings is 1. The predicted molar refractivity (Wildman–Crippen MR) is 85.9 cm³/mol. The van der Waals surface area contributed by atoms with E-state index in [1.165, 1.54) is 6.20 Å². The van der Waals surface area contributed by atoms with Crippen LogP contribution in [0.5, 0.6) is 0 Å². The summed E-state index contributed by atoms with van der Waals surface area (Å²) in [4.78, 5) is 18.2. The van der Waals surface area contributed by atoms with E-state index in [2.05, 4.69) is 4.98 Å². The van der Waals surface area contributed by atoms with Gasteiger partial charge in [-0.1, -0.05) is 47.5 Å². The van der Waals surface area contributed by atoms with Gasteiger partial charge in [-0.3, -0.25) is 4.79 Å². The molecule has 0 aliphatic carbocycles. The van der Waals surface area contributed by atoms with Crippen molar-refractivity contribution in [1.29, 1.82) is 0 Å². The molecule has 3 nitrogen and oxygen atoms in total. The predicted octanol–water partition coefficient (Wildman–Crippen LogP) is 4.36.